The predicted molar refractivity (Wildman–Crippen MR) is 27.1 cm³/mol. The molecule has 0 aromatic carbocycles. The molecule has 0 aliphatic rings. The van der Waals surface area contributed by atoms with Crippen molar-refractivity contribution in [3.63, 3.8) is 0 Å². The van der Waals surface area contributed by atoms with Crippen molar-refractivity contribution in [2.75, 3.05) is 0 Å². The van der Waals surface area contributed by atoms with Crippen LogP contribution in [-0.2, 0) is 0 Å². The second kappa shape index (κ2) is 1.60. The van der Waals surface area contributed by atoms with Crippen molar-refractivity contribution in [2.45, 2.75) is 0 Å². The second-order valence-corrected chi connectivity index (χ2v) is 1.01. The highest BCUT2D eigenvalue weighted by Crippen LogP contribution is 1.67. The minimum Gasteiger partial charge on any atom is -0.329 e. The zero-order valence-electron chi connectivity index (χ0n) is 6.49. The lowest BCUT2D eigenvalue weighted by molar-refractivity contribution is 1.24. The van der Waals surface area contributed by atoms with Gasteiger partial charge in [-0.15, -0.1) is 0 Å². The maximum atomic E-state index is 10.5. The number of nitrogens with one attached hydrogen (secondary N) is 1. The highest BCUT2D eigenvalue weighted by Gasteiger charge is 1.69. The molecule has 0 spiro atoms. The number of aromatic nitrogens is 1. The Kier molecular flexibility index (Phi) is 0.416. The van der Waals surface area contributed by atoms with Crippen LogP contribution in [0, 0.1) is 0 Å². The Morgan fingerprint density at radius 3 is 3.43 bits per heavy atom. The van der Waals surface area contributed by atoms with Gasteiger partial charge in [0.15, 0.2) is 0 Å². The highest BCUT2D eigenvalue weighted by atomic mass is 16.1. The molecule has 0 unspecified atom stereocenters. The van der Waals surface area contributed by atoms with Crippen LogP contribution in [0.25, 0.3) is 0 Å². The van der Waals surface area contributed by atoms with Crippen LogP contribution >= 0.6 is 0 Å². The standard InChI is InChI=1S/C5H5NO/c7-5-3-1-2-4-6-5/h1-4H,(H,6,7)/i2D,3D,4D. The normalized spacial score (nSPS) is 14.6. The fourth-order valence-corrected chi connectivity index (χ4v) is 0.267. The van der Waals surface area contributed by atoms with Gasteiger partial charge in [0.05, 0.1) is 4.11 Å². The van der Waals surface area contributed by atoms with Crippen LogP contribution in [0.2, 0.25) is 0 Å². The maximum Gasteiger partial charge on any atom is 0.247 e. The smallest absolute Gasteiger partial charge is 0.247 e. The van der Waals surface area contributed by atoms with Gasteiger partial charge in [-0.1, -0.05) is 6.07 Å². The topological polar surface area (TPSA) is 32.9 Å². The molecule has 2 nitrogen and oxygen atoms in total. The molecule has 0 radical (unpaired) electrons. The van der Waals surface area contributed by atoms with E-state index < -0.39 is 5.56 Å². The van der Waals surface area contributed by atoms with Crippen LogP contribution in [0.4, 0.5) is 0 Å². The minimum atomic E-state index is -0.624. The van der Waals surface area contributed by atoms with Gasteiger partial charge in [-0.2, -0.15) is 0 Å². The lowest BCUT2D eigenvalue weighted by Gasteiger charge is -1.73. The number of hydrogen-bond donors (Lipinski definition) is 1. The number of rotatable bonds is 0. The van der Waals surface area contributed by atoms with Crippen LogP contribution in [0.5, 0.6) is 0 Å². The third-order valence-electron chi connectivity index (χ3n) is 0.524. The summed E-state index contributed by atoms with van der Waals surface area (Å²) in [5, 5.41) is 0. The van der Waals surface area contributed by atoms with Crippen molar-refractivity contribution in [3.8, 4) is 0 Å². The van der Waals surface area contributed by atoms with Crippen molar-refractivity contribution in [1.29, 1.82) is 0 Å². The number of aromatic amines is 1. The summed E-state index contributed by atoms with van der Waals surface area (Å²) in [6, 6.07) is 0.631. The van der Waals surface area contributed by atoms with E-state index in [2.05, 4.69) is 0 Å². The van der Waals surface area contributed by atoms with Crippen molar-refractivity contribution < 1.29 is 4.11 Å². The zero-order valence-corrected chi connectivity index (χ0v) is 3.49. The summed E-state index contributed by atoms with van der Waals surface area (Å²) in [7, 11) is 0. The van der Waals surface area contributed by atoms with Crippen molar-refractivity contribution in [3.05, 3.63) is 34.7 Å². The lowest BCUT2D eigenvalue weighted by Crippen LogP contribution is -1.98. The SMILES string of the molecule is [2H]c1cc([2H])c(=O)[nH]c1[2H]. The first-order valence-electron chi connectivity index (χ1n) is 3.28. The summed E-state index contributed by atoms with van der Waals surface area (Å²) >= 11 is 0. The zero-order chi connectivity index (χ0) is 7.72. The quantitative estimate of drug-likeness (QED) is 0.499. The number of pyridine rings is 1. The van der Waals surface area contributed by atoms with E-state index in [-0.39, 0.29) is 18.3 Å². The first kappa shape index (κ1) is 1.82. The van der Waals surface area contributed by atoms with Crippen molar-refractivity contribution >= 4 is 0 Å². The highest BCUT2D eigenvalue weighted by molar-refractivity contribution is 4.89. The van der Waals surface area contributed by atoms with Gasteiger partial charge in [0.1, 0.15) is 0 Å². The van der Waals surface area contributed by atoms with Gasteiger partial charge < -0.3 is 4.98 Å². The van der Waals surface area contributed by atoms with E-state index in [0.717, 1.165) is 6.07 Å². The molecule has 7 heavy (non-hydrogen) atoms. The minimum absolute atomic E-state index is 0.135. The van der Waals surface area contributed by atoms with Gasteiger partial charge in [-0.05, 0) is 6.04 Å². The molecule has 0 amide bonds. The van der Waals surface area contributed by atoms with E-state index in [1.54, 1.807) is 0 Å². The van der Waals surface area contributed by atoms with E-state index in [0.29, 0.717) is 0 Å². The molecule has 1 N–H and O–H groups in total. The number of H-pyrrole nitrogens is 1. The Bertz CT molecular complexity index is 306. The van der Waals surface area contributed by atoms with E-state index in [9.17, 15) is 4.79 Å². The van der Waals surface area contributed by atoms with Crippen LogP contribution in [0.15, 0.2) is 29.1 Å². The van der Waals surface area contributed by atoms with Crippen LogP contribution in [0.1, 0.15) is 4.11 Å². The molecular weight excluding hydrogens is 90.1 g/mol. The van der Waals surface area contributed by atoms with E-state index in [1.807, 2.05) is 4.98 Å². The summed E-state index contributed by atoms with van der Waals surface area (Å²) in [6.07, 6.45) is -0.249. The van der Waals surface area contributed by atoms with Gasteiger partial charge in [0.25, 0.3) is 0 Å². The fourth-order valence-electron chi connectivity index (χ4n) is 0.267. The molecule has 1 aromatic heterocycles. The molecule has 0 saturated carbocycles. The summed E-state index contributed by atoms with van der Waals surface area (Å²) in [4.78, 5) is 12.6. The summed E-state index contributed by atoms with van der Waals surface area (Å²) in [6.45, 7) is 0. The third-order valence-corrected chi connectivity index (χ3v) is 0.524. The summed E-state index contributed by atoms with van der Waals surface area (Å²) < 4.78 is 20.8. The van der Waals surface area contributed by atoms with Crippen LogP contribution in [-0.4, -0.2) is 4.98 Å². The Morgan fingerprint density at radius 2 is 2.71 bits per heavy atom. The van der Waals surface area contributed by atoms with Crippen LogP contribution in [0.3, 0.4) is 0 Å². The molecule has 36 valence electrons. The van der Waals surface area contributed by atoms with E-state index in [4.69, 9.17) is 4.11 Å². The summed E-state index contributed by atoms with van der Waals surface area (Å²) in [5.41, 5.74) is -0.624. The number of hydrogen-bond acceptors (Lipinski definition) is 1. The Balaban J connectivity index is 3.43. The van der Waals surface area contributed by atoms with E-state index in [1.165, 1.54) is 0 Å². The lowest BCUT2D eigenvalue weighted by atomic mass is 10.5. The van der Waals surface area contributed by atoms with Gasteiger partial charge in [-0.25, -0.2) is 0 Å². The van der Waals surface area contributed by atoms with Gasteiger partial charge in [-0.3, -0.25) is 4.79 Å². The molecule has 0 aliphatic heterocycles. The average molecular weight is 98.1 g/mol. The first-order valence-corrected chi connectivity index (χ1v) is 1.78. The molecule has 1 aromatic rings. The van der Waals surface area contributed by atoms with E-state index >= 15 is 0 Å². The van der Waals surface area contributed by atoms with Gasteiger partial charge in [0.2, 0.25) is 5.56 Å². The molecule has 0 bridgehead atoms. The molecule has 1 heterocycles. The Hall–Kier alpha value is -1.05. The van der Waals surface area contributed by atoms with Crippen LogP contribution < -0.4 is 5.56 Å². The van der Waals surface area contributed by atoms with Gasteiger partial charge in [0, 0.05) is 12.2 Å². The molecule has 0 atom stereocenters. The Morgan fingerprint density at radius 1 is 1.86 bits per heavy atom. The fraction of sp³-hybridized carbons (Fsp3) is 0. The monoisotopic (exact) mass is 98.1 g/mol. The van der Waals surface area contributed by atoms with Crippen molar-refractivity contribution in [1.82, 2.24) is 4.98 Å². The molecular formula is C5H5NO. The molecule has 0 saturated heterocycles. The Labute approximate surface area is 45.0 Å². The predicted octanol–water partition coefficient (Wildman–Crippen LogP) is 0.375. The second-order valence-electron chi connectivity index (χ2n) is 1.01. The molecule has 0 aliphatic carbocycles. The van der Waals surface area contributed by atoms with Crippen molar-refractivity contribution in [2.24, 2.45) is 0 Å². The third kappa shape index (κ3) is 0.892. The largest absolute Gasteiger partial charge is 0.329 e. The summed E-state index contributed by atoms with van der Waals surface area (Å²) in [5.74, 6) is 0. The maximum absolute atomic E-state index is 10.5. The average Bonchev–Trinajstić information content (AvgIpc) is 1.84. The molecule has 0 fully saturated rings. The molecule has 2 heteroatoms. The molecule has 1 rings (SSSR count). The van der Waals surface area contributed by atoms with Gasteiger partial charge >= 0.3 is 0 Å². The first-order chi connectivity index (χ1) is 4.61.